The molecule has 8 nitrogen and oxygen atoms in total. The number of hydrogen-bond donors (Lipinski definition) is 2. The number of benzene rings is 1. The van der Waals surface area contributed by atoms with Crippen molar-refractivity contribution in [2.45, 2.75) is 24.2 Å². The SMILES string of the molecule is O=S(=O)(c1ccc(N2CCCCC2)c(NC(=S)Nc2cccnc2)c1)N1CCOCC1. The highest BCUT2D eigenvalue weighted by Gasteiger charge is 2.28. The van der Waals surface area contributed by atoms with Crippen molar-refractivity contribution in [1.82, 2.24) is 9.29 Å². The summed E-state index contributed by atoms with van der Waals surface area (Å²) in [5.74, 6) is 0. The molecule has 2 aromatic rings. The van der Waals surface area contributed by atoms with Crippen LogP contribution in [0.15, 0.2) is 47.6 Å². The average molecular weight is 462 g/mol. The van der Waals surface area contributed by atoms with Crippen molar-refractivity contribution < 1.29 is 13.2 Å². The van der Waals surface area contributed by atoms with Crippen molar-refractivity contribution in [1.29, 1.82) is 0 Å². The first-order valence-corrected chi connectivity index (χ1v) is 12.3. The minimum Gasteiger partial charge on any atom is -0.379 e. The molecule has 10 heteroatoms. The van der Waals surface area contributed by atoms with Gasteiger partial charge >= 0.3 is 0 Å². The second-order valence-electron chi connectivity index (χ2n) is 7.56. The summed E-state index contributed by atoms with van der Waals surface area (Å²) in [4.78, 5) is 6.61. The Morgan fingerprint density at radius 1 is 1.03 bits per heavy atom. The molecular formula is C21H27N5O3S2. The van der Waals surface area contributed by atoms with E-state index >= 15 is 0 Å². The van der Waals surface area contributed by atoms with Gasteiger partial charge in [0.1, 0.15) is 0 Å². The zero-order valence-electron chi connectivity index (χ0n) is 17.3. The topological polar surface area (TPSA) is 86.8 Å². The number of piperidine rings is 1. The Morgan fingerprint density at radius 3 is 2.52 bits per heavy atom. The molecule has 31 heavy (non-hydrogen) atoms. The Bertz CT molecular complexity index is 1000. The highest BCUT2D eigenvalue weighted by Crippen LogP contribution is 2.32. The summed E-state index contributed by atoms with van der Waals surface area (Å²) in [6, 6.07) is 8.95. The molecule has 0 unspecified atom stereocenters. The van der Waals surface area contributed by atoms with Crippen molar-refractivity contribution in [3.8, 4) is 0 Å². The summed E-state index contributed by atoms with van der Waals surface area (Å²) in [5.41, 5.74) is 2.39. The molecule has 166 valence electrons. The molecule has 2 aliphatic rings. The Kier molecular flexibility index (Phi) is 7.01. The van der Waals surface area contributed by atoms with Crippen LogP contribution in [0.2, 0.25) is 0 Å². The van der Waals surface area contributed by atoms with E-state index in [1.165, 1.54) is 10.7 Å². The van der Waals surface area contributed by atoms with Crippen LogP contribution < -0.4 is 15.5 Å². The van der Waals surface area contributed by atoms with Gasteiger partial charge in [-0.25, -0.2) is 8.42 Å². The number of aromatic nitrogens is 1. The first kappa shape index (κ1) is 21.9. The number of ether oxygens (including phenoxy) is 1. The van der Waals surface area contributed by atoms with Crippen LogP contribution in [0, 0.1) is 0 Å². The molecule has 0 saturated carbocycles. The molecular weight excluding hydrogens is 434 g/mol. The quantitative estimate of drug-likeness (QED) is 0.658. The molecule has 0 spiro atoms. The lowest BCUT2D eigenvalue weighted by atomic mass is 10.1. The van der Waals surface area contributed by atoms with Crippen LogP contribution in [0.5, 0.6) is 0 Å². The number of thiocarbonyl (C=S) groups is 1. The standard InChI is InChI=1S/C21H27N5O3S2/c27-31(28,26-11-13-29-14-12-26)18-6-7-20(25-9-2-1-3-10-25)19(15-18)24-21(30)23-17-5-4-8-22-16-17/h4-8,15-16H,1-3,9-14H2,(H2,23,24,30). The monoisotopic (exact) mass is 461 g/mol. The normalized spacial score (nSPS) is 17.9. The number of rotatable bonds is 5. The number of pyridine rings is 1. The predicted octanol–water partition coefficient (Wildman–Crippen LogP) is 2.90. The van der Waals surface area contributed by atoms with Crippen LogP contribution >= 0.6 is 12.2 Å². The molecule has 2 aliphatic heterocycles. The molecule has 2 saturated heterocycles. The van der Waals surface area contributed by atoms with E-state index in [9.17, 15) is 8.42 Å². The van der Waals surface area contributed by atoms with E-state index in [1.54, 1.807) is 24.5 Å². The van der Waals surface area contributed by atoms with E-state index in [1.807, 2.05) is 18.2 Å². The lowest BCUT2D eigenvalue weighted by Crippen LogP contribution is -2.40. The Morgan fingerprint density at radius 2 is 1.81 bits per heavy atom. The van der Waals surface area contributed by atoms with E-state index in [-0.39, 0.29) is 4.90 Å². The smallest absolute Gasteiger partial charge is 0.243 e. The summed E-state index contributed by atoms with van der Waals surface area (Å²) in [6.45, 7) is 3.42. The minimum absolute atomic E-state index is 0.252. The van der Waals surface area contributed by atoms with Crippen molar-refractivity contribution >= 4 is 44.4 Å². The highest BCUT2D eigenvalue weighted by atomic mass is 32.2. The van der Waals surface area contributed by atoms with Gasteiger partial charge in [-0.05, 0) is 61.8 Å². The Hall–Kier alpha value is -2.27. The number of anilines is 3. The summed E-state index contributed by atoms with van der Waals surface area (Å²) in [7, 11) is -3.61. The third-order valence-corrected chi connectivity index (χ3v) is 7.54. The van der Waals surface area contributed by atoms with Gasteiger partial charge in [-0.3, -0.25) is 4.98 Å². The molecule has 1 aromatic carbocycles. The Labute approximate surface area is 188 Å². The van der Waals surface area contributed by atoms with Gasteiger partial charge in [0, 0.05) is 32.4 Å². The minimum atomic E-state index is -3.61. The average Bonchev–Trinajstić information content (AvgIpc) is 2.81. The highest BCUT2D eigenvalue weighted by molar-refractivity contribution is 7.89. The van der Waals surface area contributed by atoms with Crippen molar-refractivity contribution in [3.05, 3.63) is 42.7 Å². The first-order chi connectivity index (χ1) is 15.0. The second-order valence-corrected chi connectivity index (χ2v) is 9.91. The van der Waals surface area contributed by atoms with Gasteiger partial charge in [0.25, 0.3) is 0 Å². The van der Waals surface area contributed by atoms with Crippen molar-refractivity contribution in [2.24, 2.45) is 0 Å². The number of hydrogen-bond acceptors (Lipinski definition) is 6. The molecule has 2 N–H and O–H groups in total. The maximum absolute atomic E-state index is 13.2. The molecule has 3 heterocycles. The van der Waals surface area contributed by atoms with E-state index in [4.69, 9.17) is 17.0 Å². The van der Waals surface area contributed by atoms with Gasteiger partial charge in [0.2, 0.25) is 10.0 Å². The molecule has 1 aromatic heterocycles. The van der Waals surface area contributed by atoms with Crippen LogP contribution in [0.1, 0.15) is 19.3 Å². The Balaban J connectivity index is 1.62. The maximum atomic E-state index is 13.2. The maximum Gasteiger partial charge on any atom is 0.243 e. The third kappa shape index (κ3) is 5.32. The molecule has 0 amide bonds. The molecule has 0 aliphatic carbocycles. The number of nitrogens with one attached hydrogen (secondary N) is 2. The predicted molar refractivity (Wildman–Crippen MR) is 126 cm³/mol. The molecule has 2 fully saturated rings. The largest absolute Gasteiger partial charge is 0.379 e. The first-order valence-electron chi connectivity index (χ1n) is 10.5. The zero-order valence-corrected chi connectivity index (χ0v) is 18.9. The van der Waals surface area contributed by atoms with E-state index < -0.39 is 10.0 Å². The van der Waals surface area contributed by atoms with Gasteiger partial charge in [0.05, 0.1) is 41.4 Å². The second kappa shape index (κ2) is 9.90. The van der Waals surface area contributed by atoms with E-state index in [0.29, 0.717) is 37.1 Å². The van der Waals surface area contributed by atoms with E-state index in [2.05, 4.69) is 20.5 Å². The molecule has 0 bridgehead atoms. The van der Waals surface area contributed by atoms with Crippen LogP contribution in [0.3, 0.4) is 0 Å². The van der Waals surface area contributed by atoms with Gasteiger partial charge < -0.3 is 20.3 Å². The van der Waals surface area contributed by atoms with Gasteiger partial charge in [-0.1, -0.05) is 0 Å². The summed E-state index contributed by atoms with van der Waals surface area (Å²) in [6.07, 6.45) is 6.82. The van der Waals surface area contributed by atoms with E-state index in [0.717, 1.165) is 37.3 Å². The fraction of sp³-hybridized carbons (Fsp3) is 0.429. The number of nitrogens with zero attached hydrogens (tertiary/aromatic N) is 3. The van der Waals surface area contributed by atoms with Crippen LogP contribution in [0.4, 0.5) is 17.1 Å². The summed E-state index contributed by atoms with van der Waals surface area (Å²) < 4.78 is 33.1. The summed E-state index contributed by atoms with van der Waals surface area (Å²) >= 11 is 5.50. The van der Waals surface area contributed by atoms with Crippen LogP contribution in [0.25, 0.3) is 0 Å². The van der Waals surface area contributed by atoms with Crippen molar-refractivity contribution in [3.63, 3.8) is 0 Å². The van der Waals surface area contributed by atoms with Crippen LogP contribution in [-0.2, 0) is 14.8 Å². The third-order valence-electron chi connectivity index (χ3n) is 5.44. The number of morpholine rings is 1. The lowest BCUT2D eigenvalue weighted by Gasteiger charge is -2.31. The van der Waals surface area contributed by atoms with Crippen molar-refractivity contribution in [2.75, 3.05) is 54.9 Å². The molecule has 4 rings (SSSR count). The lowest BCUT2D eigenvalue weighted by molar-refractivity contribution is 0.0730. The fourth-order valence-corrected chi connectivity index (χ4v) is 5.51. The van der Waals surface area contributed by atoms with Gasteiger partial charge in [-0.15, -0.1) is 0 Å². The summed E-state index contributed by atoms with van der Waals surface area (Å²) in [5, 5.41) is 6.70. The van der Waals surface area contributed by atoms with Gasteiger partial charge in [-0.2, -0.15) is 4.31 Å². The zero-order chi connectivity index (χ0) is 21.7. The van der Waals surface area contributed by atoms with Gasteiger partial charge in [0.15, 0.2) is 5.11 Å². The fourth-order valence-electron chi connectivity index (χ4n) is 3.84. The number of sulfonamides is 1. The molecule has 0 atom stereocenters. The molecule has 0 radical (unpaired) electrons. The van der Waals surface area contributed by atoms with Crippen LogP contribution in [-0.4, -0.2) is 62.2 Å².